The van der Waals surface area contributed by atoms with Crippen molar-refractivity contribution < 1.29 is 42.0 Å². The largest absolute Gasteiger partial charge is 0.619 e. The van der Waals surface area contributed by atoms with Gasteiger partial charge in [-0.25, -0.2) is 9.59 Å². The average molecular weight is 582 g/mol. The molecule has 206 valence electrons. The molecule has 0 spiro atoms. The Morgan fingerprint density at radius 1 is 1.03 bits per heavy atom. The van der Waals surface area contributed by atoms with Crippen molar-refractivity contribution in [3.05, 3.63) is 92.9 Å². The predicted molar refractivity (Wildman–Crippen MR) is 136 cm³/mol. The summed E-state index contributed by atoms with van der Waals surface area (Å²) in [6, 6.07) is 12.2. The van der Waals surface area contributed by atoms with Crippen molar-refractivity contribution in [2.45, 2.75) is 32.0 Å². The number of hydrogen-bond acceptors (Lipinski definition) is 7. The van der Waals surface area contributed by atoms with Crippen molar-refractivity contribution in [3.8, 4) is 11.5 Å². The Labute approximate surface area is 232 Å². The Balaban J connectivity index is 1.58. The summed E-state index contributed by atoms with van der Waals surface area (Å²) < 4.78 is 47.4. The van der Waals surface area contributed by atoms with Crippen LogP contribution in [0.2, 0.25) is 10.0 Å². The smallest absolute Gasteiger partial charge is 0.387 e. The zero-order valence-electron chi connectivity index (χ0n) is 20.4. The van der Waals surface area contributed by atoms with Crippen molar-refractivity contribution in [2.24, 2.45) is 5.92 Å². The second-order valence-electron chi connectivity index (χ2n) is 8.76. The lowest BCUT2D eigenvalue weighted by atomic mass is 10.0. The Kier molecular flexibility index (Phi) is 9.42. The summed E-state index contributed by atoms with van der Waals surface area (Å²) >= 11 is 12.5. The fourth-order valence-electron chi connectivity index (χ4n) is 3.64. The summed E-state index contributed by atoms with van der Waals surface area (Å²) in [4.78, 5) is 25.0. The molecule has 0 aliphatic heterocycles. The van der Waals surface area contributed by atoms with Crippen LogP contribution >= 0.6 is 23.2 Å². The maximum atomic E-state index is 13.0. The summed E-state index contributed by atoms with van der Waals surface area (Å²) in [5.74, 6) is -1.43. The first-order chi connectivity index (χ1) is 18.7. The molecule has 39 heavy (non-hydrogen) atoms. The highest BCUT2D eigenvalue weighted by Crippen LogP contribution is 2.37. The number of halogens is 4. The maximum Gasteiger partial charge on any atom is 0.387 e. The van der Waals surface area contributed by atoms with E-state index < -0.39 is 31.3 Å². The molecule has 1 aliphatic rings. The van der Waals surface area contributed by atoms with E-state index in [0.29, 0.717) is 28.4 Å². The molecule has 0 bridgehead atoms. The number of carbonyl (C=O) groups is 2. The van der Waals surface area contributed by atoms with Crippen molar-refractivity contribution in [3.63, 3.8) is 0 Å². The molecule has 1 atom stereocenters. The van der Waals surface area contributed by atoms with E-state index in [9.17, 15) is 23.6 Å². The maximum absolute atomic E-state index is 13.0. The third-order valence-corrected chi connectivity index (χ3v) is 6.43. The third-order valence-electron chi connectivity index (χ3n) is 5.78. The SMILES string of the molecule is O=C(COC(=O)c1ccccc1)OC(Cc1c(Cl)c[n+]([O-])cc1Cl)c1ccc(OC(F)F)c(OCC2CC2)c1. The Bertz CT molecular complexity index is 1300. The second-order valence-corrected chi connectivity index (χ2v) is 9.57. The first-order valence-electron chi connectivity index (χ1n) is 11.9. The van der Waals surface area contributed by atoms with Gasteiger partial charge in [-0.1, -0.05) is 47.5 Å². The van der Waals surface area contributed by atoms with Gasteiger partial charge in [0.25, 0.3) is 0 Å². The molecule has 0 amide bonds. The van der Waals surface area contributed by atoms with Crippen LogP contribution in [-0.2, 0) is 20.7 Å². The van der Waals surface area contributed by atoms with Crippen LogP contribution in [0.5, 0.6) is 11.5 Å². The van der Waals surface area contributed by atoms with Gasteiger partial charge in [0.15, 0.2) is 30.5 Å². The van der Waals surface area contributed by atoms with E-state index in [1.807, 2.05) is 0 Å². The standard InChI is InChI=1S/C27H23Cl2F2NO7/c28-20-12-32(35)13-21(29)19(20)11-23(38-25(33)15-37-26(34)17-4-2-1-3-5-17)18-8-9-22(39-27(30)31)24(10-18)36-14-16-6-7-16/h1-5,8-10,12-13,16,23,27H,6-7,11,14-15H2. The van der Waals surface area contributed by atoms with Gasteiger partial charge >= 0.3 is 18.6 Å². The molecule has 8 nitrogen and oxygen atoms in total. The summed E-state index contributed by atoms with van der Waals surface area (Å²) in [5.41, 5.74) is 0.900. The Hall–Kier alpha value is -3.63. The first-order valence-corrected chi connectivity index (χ1v) is 12.6. The minimum atomic E-state index is -3.08. The van der Waals surface area contributed by atoms with Gasteiger partial charge in [-0.2, -0.15) is 13.5 Å². The first kappa shape index (κ1) is 28.4. The predicted octanol–water partition coefficient (Wildman–Crippen LogP) is 5.70. The lowest BCUT2D eigenvalue weighted by Crippen LogP contribution is -2.26. The lowest BCUT2D eigenvalue weighted by Gasteiger charge is -2.21. The average Bonchev–Trinajstić information content (AvgIpc) is 3.73. The van der Waals surface area contributed by atoms with E-state index in [0.717, 1.165) is 25.2 Å². The summed E-state index contributed by atoms with van der Waals surface area (Å²) in [5, 5.41) is 11.7. The van der Waals surface area contributed by atoms with Gasteiger partial charge in [0.1, 0.15) is 16.1 Å². The van der Waals surface area contributed by atoms with Gasteiger partial charge in [0.05, 0.1) is 12.2 Å². The monoisotopic (exact) mass is 581 g/mol. The zero-order chi connectivity index (χ0) is 27.9. The molecular weight excluding hydrogens is 559 g/mol. The van der Waals surface area contributed by atoms with Gasteiger partial charge in [-0.05, 0) is 48.6 Å². The topological polar surface area (TPSA) is 98.0 Å². The van der Waals surface area contributed by atoms with Gasteiger partial charge < -0.3 is 24.2 Å². The Morgan fingerprint density at radius 2 is 1.72 bits per heavy atom. The Morgan fingerprint density at radius 3 is 2.36 bits per heavy atom. The quantitative estimate of drug-likeness (QED) is 0.154. The van der Waals surface area contributed by atoms with Crippen LogP contribution < -0.4 is 14.2 Å². The number of carbonyl (C=O) groups excluding carboxylic acids is 2. The number of alkyl halides is 2. The fraction of sp³-hybridized carbons (Fsp3) is 0.296. The van der Waals surface area contributed by atoms with E-state index in [4.69, 9.17) is 37.4 Å². The number of esters is 2. The van der Waals surface area contributed by atoms with Crippen LogP contribution in [0.25, 0.3) is 0 Å². The van der Waals surface area contributed by atoms with Gasteiger partial charge in [0.2, 0.25) is 0 Å². The van der Waals surface area contributed by atoms with E-state index in [1.54, 1.807) is 18.2 Å². The minimum absolute atomic E-state index is 0.0249. The van der Waals surface area contributed by atoms with Crippen molar-refractivity contribution in [2.75, 3.05) is 13.2 Å². The summed E-state index contributed by atoms with van der Waals surface area (Å²) in [7, 11) is 0. The molecule has 1 fully saturated rings. The number of aromatic nitrogens is 1. The molecule has 1 aromatic heterocycles. The van der Waals surface area contributed by atoms with Gasteiger partial charge in [-0.3, -0.25) is 0 Å². The second kappa shape index (κ2) is 12.9. The number of rotatable bonds is 12. The number of nitrogens with zero attached hydrogens (tertiary/aromatic N) is 1. The van der Waals surface area contributed by atoms with Crippen LogP contribution in [0, 0.1) is 11.1 Å². The van der Waals surface area contributed by atoms with E-state index in [1.165, 1.54) is 30.3 Å². The molecule has 12 heteroatoms. The summed E-state index contributed by atoms with van der Waals surface area (Å²) in [6.45, 7) is -3.46. The number of pyridine rings is 1. The number of benzene rings is 2. The third kappa shape index (κ3) is 8.18. The molecule has 1 heterocycles. The highest BCUT2D eigenvalue weighted by molar-refractivity contribution is 6.35. The van der Waals surface area contributed by atoms with Crippen LogP contribution in [0.1, 0.15) is 40.4 Å². The van der Waals surface area contributed by atoms with Gasteiger partial charge in [0, 0.05) is 12.0 Å². The molecule has 0 N–H and O–H groups in total. The molecule has 4 rings (SSSR count). The highest BCUT2D eigenvalue weighted by Gasteiger charge is 2.26. The van der Waals surface area contributed by atoms with E-state index in [2.05, 4.69) is 4.74 Å². The van der Waals surface area contributed by atoms with E-state index in [-0.39, 0.29) is 33.5 Å². The molecule has 1 aliphatic carbocycles. The number of hydrogen-bond donors (Lipinski definition) is 0. The fourth-order valence-corrected chi connectivity index (χ4v) is 4.24. The van der Waals surface area contributed by atoms with Crippen molar-refractivity contribution in [1.29, 1.82) is 0 Å². The zero-order valence-corrected chi connectivity index (χ0v) is 21.9. The molecule has 1 saturated carbocycles. The molecule has 1 unspecified atom stereocenters. The van der Waals surface area contributed by atoms with Crippen LogP contribution in [0.4, 0.5) is 8.78 Å². The van der Waals surface area contributed by atoms with Crippen molar-refractivity contribution in [1.82, 2.24) is 0 Å². The van der Waals surface area contributed by atoms with Crippen molar-refractivity contribution >= 4 is 35.1 Å². The van der Waals surface area contributed by atoms with Crippen LogP contribution in [0.15, 0.2) is 60.9 Å². The molecule has 0 saturated heterocycles. The van der Waals surface area contributed by atoms with E-state index >= 15 is 0 Å². The van der Waals surface area contributed by atoms with Crippen LogP contribution in [0.3, 0.4) is 0 Å². The van der Waals surface area contributed by atoms with Gasteiger partial charge in [-0.15, -0.1) is 0 Å². The lowest BCUT2D eigenvalue weighted by molar-refractivity contribution is -0.605. The number of ether oxygens (including phenoxy) is 4. The highest BCUT2D eigenvalue weighted by atomic mass is 35.5. The molecule has 3 aromatic rings. The molecule has 0 radical (unpaired) electrons. The summed E-state index contributed by atoms with van der Waals surface area (Å²) in [6.07, 6.45) is 2.96. The minimum Gasteiger partial charge on any atom is -0.619 e. The van der Waals surface area contributed by atoms with Crippen LogP contribution in [-0.4, -0.2) is 31.8 Å². The molecule has 2 aromatic carbocycles. The molecular formula is C27H23Cl2F2NO7. The normalized spacial score (nSPS) is 13.6.